The van der Waals surface area contributed by atoms with E-state index in [-0.39, 0.29) is 25.4 Å². The number of hydrogen-bond donors (Lipinski definition) is 1. The van der Waals surface area contributed by atoms with Gasteiger partial charge in [-0.05, 0) is 19.9 Å². The fourth-order valence-corrected chi connectivity index (χ4v) is 2.23. The smallest absolute Gasteiger partial charge is 0.344 e. The number of carbonyl (C=O) groups excluding carboxylic acids is 2. The highest BCUT2D eigenvalue weighted by Gasteiger charge is 2.32. The highest BCUT2D eigenvalue weighted by atomic mass is 16.6. The molecule has 0 bridgehead atoms. The molecule has 23 heavy (non-hydrogen) atoms. The summed E-state index contributed by atoms with van der Waals surface area (Å²) in [5, 5.41) is 2.39. The summed E-state index contributed by atoms with van der Waals surface area (Å²) in [5.41, 5.74) is 0.742. The van der Waals surface area contributed by atoms with Crippen molar-refractivity contribution in [3.05, 3.63) is 23.8 Å². The summed E-state index contributed by atoms with van der Waals surface area (Å²) < 4.78 is 16.1. The molecular weight excluding hydrogens is 298 g/mol. The third-order valence-corrected chi connectivity index (χ3v) is 3.15. The minimum atomic E-state index is -0.643. The largest absolute Gasteiger partial charge is 0.483 e. The lowest BCUT2D eigenvalue weighted by Gasteiger charge is -2.18. The summed E-state index contributed by atoms with van der Waals surface area (Å²) in [6.07, 6.45) is 5.78. The van der Waals surface area contributed by atoms with Crippen molar-refractivity contribution in [3.8, 4) is 23.8 Å². The van der Waals surface area contributed by atoms with E-state index < -0.39 is 11.9 Å². The van der Waals surface area contributed by atoms with Crippen molar-refractivity contribution in [2.45, 2.75) is 25.9 Å². The second kappa shape index (κ2) is 7.05. The molecule has 0 unspecified atom stereocenters. The van der Waals surface area contributed by atoms with Crippen molar-refractivity contribution in [2.75, 3.05) is 19.8 Å². The van der Waals surface area contributed by atoms with Gasteiger partial charge in [0.2, 0.25) is 0 Å². The first-order valence-corrected chi connectivity index (χ1v) is 7.21. The second-order valence-electron chi connectivity index (χ2n) is 5.71. The van der Waals surface area contributed by atoms with Gasteiger partial charge in [0, 0.05) is 12.0 Å². The van der Waals surface area contributed by atoms with Crippen LogP contribution in [-0.2, 0) is 20.7 Å². The molecule has 1 amide bonds. The Hall–Kier alpha value is -2.68. The van der Waals surface area contributed by atoms with Crippen molar-refractivity contribution < 1.29 is 23.8 Å². The van der Waals surface area contributed by atoms with Crippen LogP contribution in [0.5, 0.6) is 11.5 Å². The van der Waals surface area contributed by atoms with E-state index in [0.29, 0.717) is 11.5 Å². The van der Waals surface area contributed by atoms with E-state index in [4.69, 9.17) is 20.6 Å². The van der Waals surface area contributed by atoms with E-state index in [1.807, 2.05) is 26.0 Å². The third-order valence-electron chi connectivity index (χ3n) is 3.15. The van der Waals surface area contributed by atoms with Crippen LogP contribution in [0.15, 0.2) is 18.2 Å². The molecular formula is C17H19NO5. The predicted octanol–water partition coefficient (Wildman–Crippen LogP) is 1.07. The molecule has 0 atom stereocenters. The molecule has 6 heteroatoms. The quantitative estimate of drug-likeness (QED) is 0.627. The highest BCUT2D eigenvalue weighted by Crippen LogP contribution is 2.41. The summed E-state index contributed by atoms with van der Waals surface area (Å²) in [6, 6.07) is 5.54. The van der Waals surface area contributed by atoms with E-state index in [0.717, 1.165) is 12.0 Å². The van der Waals surface area contributed by atoms with Crippen LogP contribution in [0.1, 0.15) is 19.4 Å². The van der Waals surface area contributed by atoms with Crippen LogP contribution in [0, 0.1) is 12.3 Å². The van der Waals surface area contributed by atoms with Gasteiger partial charge in [-0.15, -0.1) is 6.42 Å². The fourth-order valence-electron chi connectivity index (χ4n) is 2.23. The maximum absolute atomic E-state index is 11.6. The maximum Gasteiger partial charge on any atom is 0.344 e. The zero-order chi connectivity index (χ0) is 16.9. The number of nitrogens with one attached hydrogen (secondary N) is 1. The van der Waals surface area contributed by atoms with Crippen LogP contribution in [-0.4, -0.2) is 37.2 Å². The van der Waals surface area contributed by atoms with Gasteiger partial charge < -0.3 is 19.5 Å². The lowest BCUT2D eigenvalue weighted by atomic mass is 10.0. The zero-order valence-corrected chi connectivity index (χ0v) is 13.2. The lowest BCUT2D eigenvalue weighted by molar-refractivity contribution is -0.150. The van der Waals surface area contributed by atoms with Crippen LogP contribution in [0.2, 0.25) is 0 Å². The molecule has 0 saturated carbocycles. The van der Waals surface area contributed by atoms with Gasteiger partial charge in [-0.2, -0.15) is 0 Å². The number of carbonyl (C=O) groups is 2. The van der Waals surface area contributed by atoms with Gasteiger partial charge in [-0.3, -0.25) is 4.79 Å². The van der Waals surface area contributed by atoms with Gasteiger partial charge in [0.05, 0.1) is 6.54 Å². The van der Waals surface area contributed by atoms with E-state index >= 15 is 0 Å². The molecule has 122 valence electrons. The van der Waals surface area contributed by atoms with Crippen LogP contribution >= 0.6 is 0 Å². The average Bonchev–Trinajstić information content (AvgIpc) is 2.83. The van der Waals surface area contributed by atoms with Crippen molar-refractivity contribution in [1.82, 2.24) is 5.32 Å². The summed E-state index contributed by atoms with van der Waals surface area (Å²) in [6.45, 7) is 3.37. The standard InChI is InChI=1S/C17H19NO5/c1-4-8-18-14(19)10-22-15(20)11-21-13-7-5-6-12-9-17(2,3)23-16(12)13/h1,5-7H,8-11H2,2-3H3,(H,18,19). The van der Waals surface area contributed by atoms with Crippen molar-refractivity contribution in [3.63, 3.8) is 0 Å². The first kappa shape index (κ1) is 16.7. The molecule has 2 rings (SSSR count). The predicted molar refractivity (Wildman–Crippen MR) is 83.1 cm³/mol. The number of fused-ring (bicyclic) bond motifs is 1. The summed E-state index contributed by atoms with van der Waals surface area (Å²) in [7, 11) is 0. The highest BCUT2D eigenvalue weighted by molar-refractivity contribution is 5.81. The van der Waals surface area contributed by atoms with E-state index in [1.54, 1.807) is 6.07 Å². The molecule has 1 aromatic rings. The van der Waals surface area contributed by atoms with Crippen LogP contribution in [0.3, 0.4) is 0 Å². The Balaban J connectivity index is 1.83. The van der Waals surface area contributed by atoms with Gasteiger partial charge in [0.1, 0.15) is 5.60 Å². The molecule has 6 nitrogen and oxygen atoms in total. The number of amides is 1. The number of benzene rings is 1. The summed E-state index contributed by atoms with van der Waals surface area (Å²) in [5.74, 6) is 2.29. The van der Waals surface area contributed by atoms with Gasteiger partial charge in [0.25, 0.3) is 5.91 Å². The number of hydrogen-bond acceptors (Lipinski definition) is 5. The molecule has 0 radical (unpaired) electrons. The Labute approximate surface area is 135 Å². The Morgan fingerprint density at radius 3 is 2.91 bits per heavy atom. The van der Waals surface area contributed by atoms with Crippen LogP contribution < -0.4 is 14.8 Å². The van der Waals surface area contributed by atoms with Crippen LogP contribution in [0.4, 0.5) is 0 Å². The van der Waals surface area contributed by atoms with Crippen molar-refractivity contribution in [2.24, 2.45) is 0 Å². The summed E-state index contributed by atoms with van der Waals surface area (Å²) in [4.78, 5) is 22.9. The molecule has 1 N–H and O–H groups in total. The first-order valence-electron chi connectivity index (χ1n) is 7.21. The van der Waals surface area contributed by atoms with E-state index in [2.05, 4.69) is 11.2 Å². The second-order valence-corrected chi connectivity index (χ2v) is 5.71. The number of ether oxygens (including phenoxy) is 3. The van der Waals surface area contributed by atoms with E-state index in [1.165, 1.54) is 0 Å². The summed E-state index contributed by atoms with van der Waals surface area (Å²) >= 11 is 0. The minimum Gasteiger partial charge on any atom is -0.483 e. The first-order chi connectivity index (χ1) is 10.9. The molecule has 1 aliphatic rings. The molecule has 0 aliphatic carbocycles. The molecule has 0 spiro atoms. The van der Waals surface area contributed by atoms with Crippen LogP contribution in [0.25, 0.3) is 0 Å². The number of esters is 1. The Morgan fingerprint density at radius 2 is 2.17 bits per heavy atom. The SMILES string of the molecule is C#CCNC(=O)COC(=O)COc1cccc2c1OC(C)(C)C2. The minimum absolute atomic E-state index is 0.0934. The molecule has 1 aromatic carbocycles. The Bertz CT molecular complexity index is 645. The van der Waals surface area contributed by atoms with Gasteiger partial charge >= 0.3 is 5.97 Å². The number of rotatable bonds is 6. The number of terminal acetylenes is 1. The van der Waals surface area contributed by atoms with Crippen molar-refractivity contribution >= 4 is 11.9 Å². The maximum atomic E-state index is 11.6. The zero-order valence-electron chi connectivity index (χ0n) is 13.2. The normalized spacial score (nSPS) is 14.1. The van der Waals surface area contributed by atoms with Crippen molar-refractivity contribution in [1.29, 1.82) is 0 Å². The third kappa shape index (κ3) is 4.65. The Kier molecular flexibility index (Phi) is 5.12. The van der Waals surface area contributed by atoms with Gasteiger partial charge in [0.15, 0.2) is 24.7 Å². The monoisotopic (exact) mass is 317 g/mol. The average molecular weight is 317 g/mol. The van der Waals surface area contributed by atoms with Gasteiger partial charge in [-0.25, -0.2) is 4.79 Å². The topological polar surface area (TPSA) is 73.9 Å². The molecule has 1 heterocycles. The Morgan fingerprint density at radius 1 is 1.39 bits per heavy atom. The molecule has 0 aromatic heterocycles. The lowest BCUT2D eigenvalue weighted by Crippen LogP contribution is -2.30. The molecule has 0 fully saturated rings. The number of para-hydroxylation sites is 1. The fraction of sp³-hybridized carbons (Fsp3) is 0.412. The molecule has 0 saturated heterocycles. The van der Waals surface area contributed by atoms with Gasteiger partial charge in [-0.1, -0.05) is 18.1 Å². The van der Waals surface area contributed by atoms with E-state index in [9.17, 15) is 9.59 Å². The molecule has 1 aliphatic heterocycles.